The summed E-state index contributed by atoms with van der Waals surface area (Å²) in [6.45, 7) is 0. The lowest BCUT2D eigenvalue weighted by molar-refractivity contribution is 0.844. The highest BCUT2D eigenvalue weighted by Crippen LogP contribution is 2.16. The molecule has 0 amide bonds. The summed E-state index contributed by atoms with van der Waals surface area (Å²) in [5.74, 6) is 0. The second-order valence-electron chi connectivity index (χ2n) is 2.99. The highest BCUT2D eigenvalue weighted by Gasteiger charge is 2.07. The molecule has 0 aliphatic rings. The molecule has 5 heteroatoms. The average molecular weight is 210 g/mol. The van der Waals surface area contributed by atoms with E-state index in [-0.39, 0.29) is 10.8 Å². The Labute approximate surface area is 84.9 Å². The quantitative estimate of drug-likeness (QED) is 0.523. The molecule has 1 heterocycles. The minimum absolute atomic E-state index is 0.160. The predicted octanol–water partition coefficient (Wildman–Crippen LogP) is 1.17. The minimum Gasteiger partial charge on any atom is -0.398 e. The number of rotatable bonds is 0. The smallest absolute Gasteiger partial charge is 0.264 e. The summed E-state index contributed by atoms with van der Waals surface area (Å²) in [5, 5.41) is 0.576. The van der Waals surface area contributed by atoms with Crippen LogP contribution in [-0.2, 0) is 7.05 Å². The average Bonchev–Trinajstić information content (AvgIpc) is 2.14. The SMILES string of the molecule is Cn1c(Cl)nc2cccc(N)c2c1=O. The Kier molecular flexibility index (Phi) is 1.93. The number of nitrogens with two attached hydrogens (primary N) is 1. The van der Waals surface area contributed by atoms with Gasteiger partial charge in [-0.2, -0.15) is 0 Å². The second kappa shape index (κ2) is 2.99. The highest BCUT2D eigenvalue weighted by atomic mass is 35.5. The van der Waals surface area contributed by atoms with Crippen LogP contribution < -0.4 is 11.3 Å². The van der Waals surface area contributed by atoms with Crippen LogP contribution in [-0.4, -0.2) is 9.55 Å². The third-order valence-electron chi connectivity index (χ3n) is 2.08. The van der Waals surface area contributed by atoms with E-state index in [0.29, 0.717) is 16.6 Å². The molecule has 14 heavy (non-hydrogen) atoms. The van der Waals surface area contributed by atoms with E-state index in [9.17, 15) is 4.79 Å². The number of hydrogen-bond donors (Lipinski definition) is 1. The van der Waals surface area contributed by atoms with Crippen molar-refractivity contribution in [1.82, 2.24) is 9.55 Å². The summed E-state index contributed by atoms with van der Waals surface area (Å²) in [4.78, 5) is 15.8. The molecule has 1 aromatic heterocycles. The maximum absolute atomic E-state index is 11.7. The fourth-order valence-corrected chi connectivity index (χ4v) is 1.48. The van der Waals surface area contributed by atoms with Gasteiger partial charge in [-0.25, -0.2) is 4.98 Å². The Morgan fingerprint density at radius 3 is 2.93 bits per heavy atom. The number of halogens is 1. The van der Waals surface area contributed by atoms with Gasteiger partial charge >= 0.3 is 0 Å². The number of hydrogen-bond acceptors (Lipinski definition) is 3. The normalized spacial score (nSPS) is 10.7. The van der Waals surface area contributed by atoms with Gasteiger partial charge < -0.3 is 5.73 Å². The number of anilines is 1. The molecule has 0 saturated heterocycles. The van der Waals surface area contributed by atoms with Gasteiger partial charge in [-0.05, 0) is 23.7 Å². The van der Waals surface area contributed by atoms with E-state index in [1.54, 1.807) is 25.2 Å². The van der Waals surface area contributed by atoms with Crippen LogP contribution in [0, 0.1) is 0 Å². The third-order valence-corrected chi connectivity index (χ3v) is 2.42. The summed E-state index contributed by atoms with van der Waals surface area (Å²) in [5.41, 5.74) is 6.41. The first-order valence-electron chi connectivity index (χ1n) is 4.02. The van der Waals surface area contributed by atoms with E-state index in [1.807, 2.05) is 0 Å². The molecule has 0 spiro atoms. The fourth-order valence-electron chi connectivity index (χ4n) is 1.31. The van der Waals surface area contributed by atoms with Crippen LogP contribution >= 0.6 is 11.6 Å². The Morgan fingerprint density at radius 2 is 2.21 bits per heavy atom. The fraction of sp³-hybridized carbons (Fsp3) is 0.111. The van der Waals surface area contributed by atoms with E-state index < -0.39 is 0 Å². The van der Waals surface area contributed by atoms with Crippen molar-refractivity contribution in [3.8, 4) is 0 Å². The van der Waals surface area contributed by atoms with Crippen molar-refractivity contribution < 1.29 is 0 Å². The number of aromatic nitrogens is 2. The molecule has 1 aromatic carbocycles. The van der Waals surface area contributed by atoms with Crippen molar-refractivity contribution in [1.29, 1.82) is 0 Å². The lowest BCUT2D eigenvalue weighted by Crippen LogP contribution is -2.19. The first-order valence-corrected chi connectivity index (χ1v) is 4.40. The molecule has 2 N–H and O–H groups in total. The van der Waals surface area contributed by atoms with Crippen LogP contribution in [0.2, 0.25) is 5.28 Å². The van der Waals surface area contributed by atoms with Crippen LogP contribution in [0.5, 0.6) is 0 Å². The van der Waals surface area contributed by atoms with Gasteiger partial charge in [0.2, 0.25) is 5.28 Å². The van der Waals surface area contributed by atoms with Gasteiger partial charge in [0.25, 0.3) is 5.56 Å². The molecular weight excluding hydrogens is 202 g/mol. The highest BCUT2D eigenvalue weighted by molar-refractivity contribution is 6.28. The van der Waals surface area contributed by atoms with E-state index in [1.165, 1.54) is 4.57 Å². The lowest BCUT2D eigenvalue weighted by Gasteiger charge is -2.04. The van der Waals surface area contributed by atoms with Gasteiger partial charge in [-0.15, -0.1) is 0 Å². The number of nitrogens with zero attached hydrogens (tertiary/aromatic N) is 2. The molecule has 0 unspecified atom stereocenters. The van der Waals surface area contributed by atoms with E-state index in [4.69, 9.17) is 17.3 Å². The Balaban J connectivity index is 3.07. The molecular formula is C9H8ClN3O. The number of fused-ring (bicyclic) bond motifs is 1. The molecule has 4 nitrogen and oxygen atoms in total. The molecule has 0 aliphatic heterocycles. The maximum Gasteiger partial charge on any atom is 0.264 e. The van der Waals surface area contributed by atoms with Gasteiger partial charge in [-0.1, -0.05) is 6.07 Å². The summed E-state index contributed by atoms with van der Waals surface area (Å²) >= 11 is 5.76. The first kappa shape index (κ1) is 9.02. The zero-order valence-corrected chi connectivity index (χ0v) is 8.25. The largest absolute Gasteiger partial charge is 0.398 e. The number of nitrogen functional groups attached to an aromatic ring is 1. The van der Waals surface area contributed by atoms with Crippen molar-refractivity contribution in [3.63, 3.8) is 0 Å². The second-order valence-corrected chi connectivity index (χ2v) is 3.32. The van der Waals surface area contributed by atoms with Gasteiger partial charge in [-0.3, -0.25) is 9.36 Å². The van der Waals surface area contributed by atoms with E-state index >= 15 is 0 Å². The van der Waals surface area contributed by atoms with Crippen LogP contribution in [0.15, 0.2) is 23.0 Å². The van der Waals surface area contributed by atoms with E-state index in [2.05, 4.69) is 4.98 Å². The topological polar surface area (TPSA) is 60.9 Å². The van der Waals surface area contributed by atoms with Gasteiger partial charge in [0.1, 0.15) is 0 Å². The summed E-state index contributed by atoms with van der Waals surface area (Å²) in [6.07, 6.45) is 0. The maximum atomic E-state index is 11.7. The summed E-state index contributed by atoms with van der Waals surface area (Å²) < 4.78 is 1.26. The van der Waals surface area contributed by atoms with Gasteiger partial charge in [0.15, 0.2) is 0 Å². The van der Waals surface area contributed by atoms with Crippen molar-refractivity contribution >= 4 is 28.2 Å². The minimum atomic E-state index is -0.224. The Morgan fingerprint density at radius 1 is 1.50 bits per heavy atom. The lowest BCUT2D eigenvalue weighted by atomic mass is 10.2. The molecule has 72 valence electrons. The van der Waals surface area contributed by atoms with Gasteiger partial charge in [0, 0.05) is 12.7 Å². The van der Waals surface area contributed by atoms with Crippen LogP contribution in [0.1, 0.15) is 0 Å². The van der Waals surface area contributed by atoms with Crippen molar-refractivity contribution in [2.24, 2.45) is 7.05 Å². The third kappa shape index (κ3) is 1.15. The van der Waals surface area contributed by atoms with Crippen molar-refractivity contribution in [2.45, 2.75) is 0 Å². The van der Waals surface area contributed by atoms with Gasteiger partial charge in [0.05, 0.1) is 10.9 Å². The monoisotopic (exact) mass is 209 g/mol. The standard InChI is InChI=1S/C9H8ClN3O/c1-13-8(14)7-5(11)3-2-4-6(7)12-9(13)10/h2-4H,11H2,1H3. The molecule has 0 fully saturated rings. The van der Waals surface area contributed by atoms with E-state index in [0.717, 1.165) is 0 Å². The predicted molar refractivity (Wildman–Crippen MR) is 56.4 cm³/mol. The van der Waals surface area contributed by atoms with Crippen LogP contribution in [0.3, 0.4) is 0 Å². The Hall–Kier alpha value is -1.55. The van der Waals surface area contributed by atoms with Crippen LogP contribution in [0.25, 0.3) is 10.9 Å². The van der Waals surface area contributed by atoms with Crippen LogP contribution in [0.4, 0.5) is 5.69 Å². The summed E-state index contributed by atoms with van der Waals surface area (Å²) in [6, 6.07) is 5.11. The molecule has 0 saturated carbocycles. The first-order chi connectivity index (χ1) is 6.61. The zero-order valence-electron chi connectivity index (χ0n) is 7.49. The molecule has 0 aliphatic carbocycles. The van der Waals surface area contributed by atoms with Crippen molar-refractivity contribution in [2.75, 3.05) is 5.73 Å². The zero-order chi connectivity index (χ0) is 10.3. The molecule has 0 bridgehead atoms. The molecule has 2 rings (SSSR count). The van der Waals surface area contributed by atoms with Crippen molar-refractivity contribution in [3.05, 3.63) is 33.8 Å². The molecule has 2 aromatic rings. The summed E-state index contributed by atoms with van der Waals surface area (Å²) in [7, 11) is 1.56. The number of benzene rings is 1. The molecule has 0 atom stereocenters. The Bertz CT molecular complexity index is 562. The molecule has 0 radical (unpaired) electrons.